The molecule has 0 saturated carbocycles. The molecule has 0 bridgehead atoms. The van der Waals surface area contributed by atoms with E-state index in [0.717, 1.165) is 21.2 Å². The highest BCUT2D eigenvalue weighted by Gasteiger charge is 2.09. The minimum absolute atomic E-state index is 0.357. The molecule has 72 valence electrons. The molecule has 2 rings (SSSR count). The highest BCUT2D eigenvalue weighted by molar-refractivity contribution is 9.10. The van der Waals surface area contributed by atoms with Crippen LogP contribution in [-0.2, 0) is 0 Å². The van der Waals surface area contributed by atoms with Crippen LogP contribution < -0.4 is 5.73 Å². The number of rotatable bonds is 1. The van der Waals surface area contributed by atoms with Crippen molar-refractivity contribution in [3.63, 3.8) is 0 Å². The largest absolute Gasteiger partial charge is 0.367 e. The van der Waals surface area contributed by atoms with Gasteiger partial charge in [0.05, 0.1) is 11.8 Å². The van der Waals surface area contributed by atoms with E-state index in [1.165, 1.54) is 0 Å². The van der Waals surface area contributed by atoms with E-state index in [1.54, 1.807) is 6.20 Å². The van der Waals surface area contributed by atoms with Crippen molar-refractivity contribution in [1.82, 2.24) is 5.16 Å². The lowest BCUT2D eigenvalue weighted by Crippen LogP contribution is -1.87. The predicted molar refractivity (Wildman–Crippen MR) is 58.8 cm³/mol. The van der Waals surface area contributed by atoms with Crippen molar-refractivity contribution in [2.75, 3.05) is 5.73 Å². The molecule has 0 unspecified atom stereocenters. The maximum atomic E-state index is 5.64. The van der Waals surface area contributed by atoms with Crippen molar-refractivity contribution in [1.29, 1.82) is 0 Å². The van der Waals surface area contributed by atoms with Crippen molar-refractivity contribution in [3.8, 4) is 11.1 Å². The summed E-state index contributed by atoms with van der Waals surface area (Å²) in [6.45, 7) is 2.02. The van der Waals surface area contributed by atoms with Gasteiger partial charge in [-0.05, 0) is 30.2 Å². The van der Waals surface area contributed by atoms with Crippen molar-refractivity contribution < 1.29 is 4.52 Å². The Morgan fingerprint density at radius 2 is 2.14 bits per heavy atom. The fraction of sp³-hybridized carbons (Fsp3) is 0.100. The summed E-state index contributed by atoms with van der Waals surface area (Å²) in [4.78, 5) is 0. The lowest BCUT2D eigenvalue weighted by atomic mass is 10.0. The van der Waals surface area contributed by atoms with Crippen LogP contribution >= 0.6 is 15.9 Å². The van der Waals surface area contributed by atoms with Crippen LogP contribution in [0.25, 0.3) is 11.1 Å². The SMILES string of the molecule is Cc1cc(Br)ccc1-c1cnoc1N. The van der Waals surface area contributed by atoms with Crippen LogP contribution in [0.4, 0.5) is 5.88 Å². The molecule has 14 heavy (non-hydrogen) atoms. The van der Waals surface area contributed by atoms with Crippen molar-refractivity contribution in [3.05, 3.63) is 34.4 Å². The summed E-state index contributed by atoms with van der Waals surface area (Å²) >= 11 is 3.41. The summed E-state index contributed by atoms with van der Waals surface area (Å²) in [5.74, 6) is 0.357. The Balaban J connectivity index is 2.58. The van der Waals surface area contributed by atoms with Crippen molar-refractivity contribution >= 4 is 21.8 Å². The summed E-state index contributed by atoms with van der Waals surface area (Å²) in [5, 5.41) is 3.65. The zero-order valence-corrected chi connectivity index (χ0v) is 9.21. The lowest BCUT2D eigenvalue weighted by molar-refractivity contribution is 0.436. The molecule has 2 aromatic rings. The highest BCUT2D eigenvalue weighted by Crippen LogP contribution is 2.29. The molecule has 0 spiro atoms. The van der Waals surface area contributed by atoms with Crippen LogP contribution in [0.1, 0.15) is 5.56 Å². The molecule has 0 aliphatic carbocycles. The third-order valence-electron chi connectivity index (χ3n) is 2.08. The van der Waals surface area contributed by atoms with Gasteiger partial charge in [-0.1, -0.05) is 27.2 Å². The average Bonchev–Trinajstić information content (AvgIpc) is 2.52. The van der Waals surface area contributed by atoms with Gasteiger partial charge in [0, 0.05) is 4.47 Å². The Labute approximate surface area is 90.0 Å². The third kappa shape index (κ3) is 1.53. The van der Waals surface area contributed by atoms with Crippen LogP contribution in [0.5, 0.6) is 0 Å². The number of nitrogens with zero attached hydrogens (tertiary/aromatic N) is 1. The highest BCUT2D eigenvalue weighted by atomic mass is 79.9. The summed E-state index contributed by atoms with van der Waals surface area (Å²) in [5.41, 5.74) is 8.66. The lowest BCUT2D eigenvalue weighted by Gasteiger charge is -2.03. The first kappa shape index (κ1) is 9.27. The van der Waals surface area contributed by atoms with Crippen LogP contribution in [0, 0.1) is 6.92 Å². The Kier molecular flexibility index (Phi) is 2.29. The minimum Gasteiger partial charge on any atom is -0.367 e. The first-order valence-electron chi connectivity index (χ1n) is 4.15. The minimum atomic E-state index is 0.357. The van der Waals surface area contributed by atoms with E-state index in [9.17, 15) is 0 Å². The molecule has 0 atom stereocenters. The van der Waals surface area contributed by atoms with Gasteiger partial charge < -0.3 is 10.3 Å². The van der Waals surface area contributed by atoms with E-state index in [4.69, 9.17) is 10.3 Å². The van der Waals surface area contributed by atoms with Crippen LogP contribution in [0.15, 0.2) is 33.4 Å². The van der Waals surface area contributed by atoms with Crippen LogP contribution in [0.3, 0.4) is 0 Å². The summed E-state index contributed by atoms with van der Waals surface area (Å²) in [6, 6.07) is 5.98. The number of halogens is 1. The van der Waals surface area contributed by atoms with E-state index in [2.05, 4.69) is 21.1 Å². The molecule has 3 nitrogen and oxygen atoms in total. The number of hydrogen-bond donors (Lipinski definition) is 1. The quantitative estimate of drug-likeness (QED) is 0.849. The molecule has 1 heterocycles. The topological polar surface area (TPSA) is 52.0 Å². The molecule has 1 aromatic heterocycles. The van der Waals surface area contributed by atoms with Gasteiger partial charge in [-0.25, -0.2) is 0 Å². The van der Waals surface area contributed by atoms with E-state index >= 15 is 0 Å². The predicted octanol–water partition coefficient (Wildman–Crippen LogP) is 2.99. The molecule has 0 saturated heterocycles. The van der Waals surface area contributed by atoms with Crippen LogP contribution in [-0.4, -0.2) is 5.16 Å². The molecular formula is C10H9BrN2O. The van der Waals surface area contributed by atoms with E-state index < -0.39 is 0 Å². The molecular weight excluding hydrogens is 244 g/mol. The van der Waals surface area contributed by atoms with Crippen molar-refractivity contribution in [2.45, 2.75) is 6.92 Å². The van der Waals surface area contributed by atoms with Gasteiger partial charge >= 0.3 is 0 Å². The number of hydrogen-bond acceptors (Lipinski definition) is 3. The molecule has 0 aliphatic heterocycles. The summed E-state index contributed by atoms with van der Waals surface area (Å²) in [6.07, 6.45) is 1.63. The Morgan fingerprint density at radius 1 is 1.36 bits per heavy atom. The molecule has 0 amide bonds. The first-order chi connectivity index (χ1) is 6.68. The third-order valence-corrected chi connectivity index (χ3v) is 2.57. The second-order valence-electron chi connectivity index (χ2n) is 3.06. The average molecular weight is 253 g/mol. The first-order valence-corrected chi connectivity index (χ1v) is 4.94. The summed E-state index contributed by atoms with van der Waals surface area (Å²) < 4.78 is 5.87. The van der Waals surface area contributed by atoms with Crippen LogP contribution in [0.2, 0.25) is 0 Å². The fourth-order valence-corrected chi connectivity index (χ4v) is 1.86. The molecule has 0 aliphatic rings. The standard InChI is InChI=1S/C10H9BrN2O/c1-6-4-7(11)2-3-8(6)9-5-13-14-10(9)12/h2-5H,12H2,1H3. The number of anilines is 1. The Hall–Kier alpha value is -1.29. The van der Waals surface area contributed by atoms with Gasteiger partial charge in [0.15, 0.2) is 0 Å². The molecule has 1 aromatic carbocycles. The zero-order chi connectivity index (χ0) is 10.1. The molecule has 0 fully saturated rings. The number of aryl methyl sites for hydroxylation is 1. The van der Waals surface area contributed by atoms with Gasteiger partial charge in [-0.15, -0.1) is 0 Å². The molecule has 4 heteroatoms. The normalized spacial score (nSPS) is 10.4. The van der Waals surface area contributed by atoms with Gasteiger partial charge in [-0.2, -0.15) is 0 Å². The van der Waals surface area contributed by atoms with E-state index in [1.807, 2.05) is 25.1 Å². The fourth-order valence-electron chi connectivity index (χ4n) is 1.38. The number of nitrogen functional groups attached to an aromatic ring is 1. The Bertz CT molecular complexity index is 465. The van der Waals surface area contributed by atoms with Gasteiger partial charge in [0.1, 0.15) is 0 Å². The van der Waals surface area contributed by atoms with Crippen molar-refractivity contribution in [2.24, 2.45) is 0 Å². The van der Waals surface area contributed by atoms with Gasteiger partial charge in [0.2, 0.25) is 5.88 Å². The number of aromatic nitrogens is 1. The second-order valence-corrected chi connectivity index (χ2v) is 3.98. The molecule has 2 N–H and O–H groups in total. The number of nitrogens with two attached hydrogens (primary N) is 1. The smallest absolute Gasteiger partial charge is 0.229 e. The van der Waals surface area contributed by atoms with Gasteiger partial charge in [0.25, 0.3) is 0 Å². The summed E-state index contributed by atoms with van der Waals surface area (Å²) in [7, 11) is 0. The second kappa shape index (κ2) is 3.46. The maximum Gasteiger partial charge on any atom is 0.229 e. The molecule has 0 radical (unpaired) electrons. The monoisotopic (exact) mass is 252 g/mol. The maximum absolute atomic E-state index is 5.64. The zero-order valence-electron chi connectivity index (χ0n) is 7.62. The Morgan fingerprint density at radius 3 is 2.71 bits per heavy atom. The van der Waals surface area contributed by atoms with E-state index in [0.29, 0.717) is 5.88 Å². The van der Waals surface area contributed by atoms with E-state index in [-0.39, 0.29) is 0 Å². The number of benzene rings is 1. The van der Waals surface area contributed by atoms with Gasteiger partial charge in [-0.3, -0.25) is 0 Å².